The Morgan fingerprint density at radius 2 is 1.77 bits per heavy atom. The van der Waals surface area contributed by atoms with E-state index in [9.17, 15) is 44.3 Å². The van der Waals surface area contributed by atoms with Gasteiger partial charge in [0.1, 0.15) is 17.2 Å². The zero-order valence-corrected chi connectivity index (χ0v) is 20.2. The van der Waals surface area contributed by atoms with Crippen LogP contribution in [0.5, 0.6) is 5.75 Å². The van der Waals surface area contributed by atoms with Crippen molar-refractivity contribution < 1.29 is 49.0 Å². The van der Waals surface area contributed by atoms with Crippen LogP contribution in [0.3, 0.4) is 0 Å². The fourth-order valence-electron chi connectivity index (χ4n) is 4.37. The zero-order chi connectivity index (χ0) is 29.0. The molecule has 2 heterocycles. The SMILES string of the molecule is N#Cc1nccc(N2C(=O)C3(CCC3)N(c3ccc(OCCC(F)(F)C(F)(F)F)c(F)c3)C2=S)c1C(F)(F)F. The fourth-order valence-corrected chi connectivity index (χ4v) is 4.83. The van der Waals surface area contributed by atoms with E-state index in [0.29, 0.717) is 11.3 Å². The van der Waals surface area contributed by atoms with E-state index >= 15 is 0 Å². The van der Waals surface area contributed by atoms with Crippen LogP contribution in [-0.2, 0) is 11.0 Å². The van der Waals surface area contributed by atoms with E-state index in [4.69, 9.17) is 22.2 Å². The standard InChI is InChI=1S/C23H15F9N4O2S/c24-13-10-12(2-3-16(13)38-9-7-21(25,26)23(30,31)32)36-19(39)35(18(37)20(36)5-1-6-20)15-4-8-34-14(11-33)17(15)22(27,28)29/h2-4,8,10H,1,5-7,9H2. The number of ether oxygens (including phenoxy) is 1. The normalized spacial score (nSPS) is 17.4. The van der Waals surface area contributed by atoms with Crippen LogP contribution in [0.1, 0.15) is 36.9 Å². The molecule has 1 aromatic carbocycles. The second-order valence-corrected chi connectivity index (χ2v) is 9.09. The van der Waals surface area contributed by atoms with Gasteiger partial charge in [-0.1, -0.05) is 0 Å². The molecular formula is C23H15F9N4O2S. The summed E-state index contributed by atoms with van der Waals surface area (Å²) in [5.41, 5.74) is -4.75. The van der Waals surface area contributed by atoms with Crippen molar-refractivity contribution in [1.82, 2.24) is 4.98 Å². The molecule has 2 fully saturated rings. The maximum Gasteiger partial charge on any atom is 0.453 e. The maximum absolute atomic E-state index is 14.8. The first-order chi connectivity index (χ1) is 18.0. The summed E-state index contributed by atoms with van der Waals surface area (Å²) < 4.78 is 124. The van der Waals surface area contributed by atoms with Gasteiger partial charge in [-0.3, -0.25) is 9.69 Å². The number of nitrogens with zero attached hydrogens (tertiary/aromatic N) is 4. The first-order valence-corrected chi connectivity index (χ1v) is 11.5. The molecule has 1 saturated heterocycles. The number of rotatable bonds is 6. The number of halogens is 9. The molecule has 0 N–H and O–H groups in total. The Balaban J connectivity index is 1.67. The Labute approximate surface area is 219 Å². The van der Waals surface area contributed by atoms with E-state index in [1.165, 1.54) is 6.07 Å². The summed E-state index contributed by atoms with van der Waals surface area (Å²) >= 11 is 5.35. The fraction of sp³-hybridized carbons (Fsp3) is 0.391. The number of thiocarbonyl (C=S) groups is 1. The number of amides is 1. The van der Waals surface area contributed by atoms with Gasteiger partial charge in [-0.05, 0) is 49.7 Å². The lowest BCUT2D eigenvalue weighted by Crippen LogP contribution is -2.55. The smallest absolute Gasteiger partial charge is 0.453 e. The van der Waals surface area contributed by atoms with Crippen molar-refractivity contribution in [3.63, 3.8) is 0 Å². The predicted molar refractivity (Wildman–Crippen MR) is 121 cm³/mol. The van der Waals surface area contributed by atoms with Crippen LogP contribution in [0, 0.1) is 17.1 Å². The molecule has 2 aromatic rings. The number of hydrogen-bond acceptors (Lipinski definition) is 5. The number of aromatic nitrogens is 1. The summed E-state index contributed by atoms with van der Waals surface area (Å²) in [5.74, 6) is -7.76. The van der Waals surface area contributed by atoms with Gasteiger partial charge in [-0.25, -0.2) is 9.37 Å². The van der Waals surface area contributed by atoms with Crippen molar-refractivity contribution >= 4 is 34.6 Å². The molecule has 1 aliphatic heterocycles. The first-order valence-electron chi connectivity index (χ1n) is 11.1. The van der Waals surface area contributed by atoms with Gasteiger partial charge in [-0.15, -0.1) is 0 Å². The zero-order valence-electron chi connectivity index (χ0n) is 19.3. The van der Waals surface area contributed by atoms with E-state index < -0.39 is 76.4 Å². The van der Waals surface area contributed by atoms with Gasteiger partial charge in [0, 0.05) is 18.0 Å². The van der Waals surface area contributed by atoms with Crippen LogP contribution in [0.4, 0.5) is 50.9 Å². The monoisotopic (exact) mass is 582 g/mol. The molecule has 0 radical (unpaired) electrons. The van der Waals surface area contributed by atoms with Crippen LogP contribution in [0.25, 0.3) is 0 Å². The number of hydrogen-bond donors (Lipinski definition) is 0. The Hall–Kier alpha value is -3.61. The minimum absolute atomic E-state index is 0.0934. The molecule has 1 aromatic heterocycles. The highest BCUT2D eigenvalue weighted by atomic mass is 32.1. The number of nitriles is 1. The third-order valence-corrected chi connectivity index (χ3v) is 6.78. The van der Waals surface area contributed by atoms with Gasteiger partial charge in [0.25, 0.3) is 5.91 Å². The molecule has 16 heteroatoms. The molecular weight excluding hydrogens is 567 g/mol. The number of anilines is 2. The average molecular weight is 582 g/mol. The minimum atomic E-state index is -5.81. The maximum atomic E-state index is 14.8. The third kappa shape index (κ3) is 4.72. The highest BCUT2D eigenvalue weighted by molar-refractivity contribution is 7.81. The molecule has 208 valence electrons. The highest BCUT2D eigenvalue weighted by Gasteiger charge is 2.61. The Bertz CT molecular complexity index is 1370. The molecule has 1 amide bonds. The van der Waals surface area contributed by atoms with Crippen LogP contribution in [-0.4, -0.2) is 40.2 Å². The van der Waals surface area contributed by atoms with Crippen LogP contribution in [0.15, 0.2) is 30.5 Å². The lowest BCUT2D eigenvalue weighted by Gasteiger charge is -2.43. The van der Waals surface area contributed by atoms with Gasteiger partial charge in [0.05, 0.1) is 18.7 Å². The van der Waals surface area contributed by atoms with Gasteiger partial charge in [0.15, 0.2) is 22.4 Å². The average Bonchev–Trinajstić information content (AvgIpc) is 3.04. The van der Waals surface area contributed by atoms with Gasteiger partial charge < -0.3 is 9.64 Å². The largest absolute Gasteiger partial charge is 0.490 e. The predicted octanol–water partition coefficient (Wildman–Crippen LogP) is 6.14. The van der Waals surface area contributed by atoms with Gasteiger partial charge in [0.2, 0.25) is 0 Å². The van der Waals surface area contributed by atoms with E-state index in [1.807, 2.05) is 0 Å². The summed E-state index contributed by atoms with van der Waals surface area (Å²) in [6.45, 7) is -1.18. The first kappa shape index (κ1) is 28.4. The van der Waals surface area contributed by atoms with Crippen LogP contribution < -0.4 is 14.5 Å². The third-order valence-electron chi connectivity index (χ3n) is 6.41. The Morgan fingerprint density at radius 3 is 2.28 bits per heavy atom. The number of alkyl halides is 8. The lowest BCUT2D eigenvalue weighted by molar-refractivity contribution is -0.285. The van der Waals surface area contributed by atoms with Crippen molar-refractivity contribution in [1.29, 1.82) is 5.26 Å². The quantitative estimate of drug-likeness (QED) is 0.301. The van der Waals surface area contributed by atoms with E-state index in [0.717, 1.165) is 35.4 Å². The van der Waals surface area contributed by atoms with Crippen LogP contribution in [0.2, 0.25) is 0 Å². The lowest BCUT2D eigenvalue weighted by atomic mass is 9.75. The molecule has 0 atom stereocenters. The summed E-state index contributed by atoms with van der Waals surface area (Å²) in [5, 5.41) is 8.72. The Kier molecular flexibility index (Phi) is 6.95. The second kappa shape index (κ2) is 9.54. The number of carbonyl (C=O) groups excluding carboxylic acids is 1. The molecule has 1 saturated carbocycles. The summed E-state index contributed by atoms with van der Waals surface area (Å²) in [4.78, 5) is 18.7. The number of benzene rings is 1. The van der Waals surface area contributed by atoms with Crippen molar-refractivity contribution in [3.8, 4) is 11.8 Å². The molecule has 0 unspecified atom stereocenters. The van der Waals surface area contributed by atoms with Crippen molar-refractivity contribution in [2.75, 3.05) is 16.4 Å². The van der Waals surface area contributed by atoms with Crippen molar-refractivity contribution in [3.05, 3.63) is 47.5 Å². The highest BCUT2D eigenvalue weighted by Crippen LogP contribution is 2.50. The number of pyridine rings is 1. The number of carbonyl (C=O) groups is 1. The summed E-state index contributed by atoms with van der Waals surface area (Å²) in [6.07, 6.45) is -11.0. The van der Waals surface area contributed by atoms with Crippen LogP contribution >= 0.6 is 12.2 Å². The molecule has 1 spiro atoms. The van der Waals surface area contributed by atoms with Gasteiger partial charge >= 0.3 is 18.3 Å². The molecule has 39 heavy (non-hydrogen) atoms. The molecule has 0 bridgehead atoms. The van der Waals surface area contributed by atoms with E-state index in [2.05, 4.69) is 4.98 Å². The van der Waals surface area contributed by atoms with Crippen molar-refractivity contribution in [2.45, 2.75) is 49.5 Å². The molecule has 1 aliphatic carbocycles. The molecule has 2 aliphatic rings. The van der Waals surface area contributed by atoms with Crippen molar-refractivity contribution in [2.24, 2.45) is 0 Å². The Morgan fingerprint density at radius 1 is 1.10 bits per heavy atom. The van der Waals surface area contributed by atoms with E-state index in [1.54, 1.807) is 0 Å². The van der Waals surface area contributed by atoms with Gasteiger partial charge in [-0.2, -0.15) is 40.4 Å². The minimum Gasteiger partial charge on any atom is -0.490 e. The summed E-state index contributed by atoms with van der Waals surface area (Å²) in [7, 11) is 0. The topological polar surface area (TPSA) is 69.5 Å². The molecule has 6 nitrogen and oxygen atoms in total. The molecule has 4 rings (SSSR count). The summed E-state index contributed by atoms with van der Waals surface area (Å²) in [6, 6.07) is 5.04. The van der Waals surface area contributed by atoms with E-state index in [-0.39, 0.29) is 18.5 Å². The second-order valence-electron chi connectivity index (χ2n) is 8.72.